The van der Waals surface area contributed by atoms with Crippen LogP contribution in [0, 0.1) is 17.8 Å². The molecule has 3 aliphatic rings. The molecule has 2 saturated heterocycles. The van der Waals surface area contributed by atoms with Crippen LogP contribution in [-0.4, -0.2) is 53.7 Å². The number of likely N-dealkylation sites (tertiary alicyclic amines) is 2. The molecule has 0 aromatic heterocycles. The maximum absolute atomic E-state index is 12.2. The average molecular weight is 308 g/mol. The summed E-state index contributed by atoms with van der Waals surface area (Å²) in [6, 6.07) is 0.767. The smallest absolute Gasteiger partial charge is 0.410 e. The van der Waals surface area contributed by atoms with Gasteiger partial charge in [-0.15, -0.1) is 0 Å². The number of hydrogen-bond donors (Lipinski definition) is 0. The van der Waals surface area contributed by atoms with E-state index < -0.39 is 0 Å². The van der Waals surface area contributed by atoms with Crippen LogP contribution in [0.1, 0.15) is 53.4 Å². The second-order valence-corrected chi connectivity index (χ2v) is 8.75. The minimum Gasteiger partial charge on any atom is -0.444 e. The van der Waals surface area contributed by atoms with E-state index in [0.29, 0.717) is 11.8 Å². The first-order chi connectivity index (χ1) is 10.3. The van der Waals surface area contributed by atoms with Gasteiger partial charge in [0.1, 0.15) is 5.60 Å². The molecule has 3 fully saturated rings. The standard InChI is InChI=1S/C18H32N2O2/c1-13-5-7-19(8-6-13)16-9-14-11-20(12-15(14)10-16)17(21)22-18(2,3)4/h13-16H,5-12H2,1-4H3/t14-,15+,16-. The molecule has 0 N–H and O–H groups in total. The average Bonchev–Trinajstić information content (AvgIpc) is 2.95. The van der Waals surface area contributed by atoms with Crippen molar-refractivity contribution in [1.29, 1.82) is 0 Å². The van der Waals surface area contributed by atoms with Crippen molar-refractivity contribution in [2.45, 2.75) is 65.0 Å². The molecule has 0 radical (unpaired) electrons. The van der Waals surface area contributed by atoms with Gasteiger partial charge in [-0.25, -0.2) is 4.79 Å². The molecule has 1 amide bonds. The summed E-state index contributed by atoms with van der Waals surface area (Å²) >= 11 is 0. The summed E-state index contributed by atoms with van der Waals surface area (Å²) in [5, 5.41) is 0. The van der Waals surface area contributed by atoms with Crippen LogP contribution in [0.5, 0.6) is 0 Å². The van der Waals surface area contributed by atoms with E-state index in [1.54, 1.807) is 0 Å². The predicted molar refractivity (Wildman–Crippen MR) is 87.8 cm³/mol. The van der Waals surface area contributed by atoms with Crippen molar-refractivity contribution < 1.29 is 9.53 Å². The largest absolute Gasteiger partial charge is 0.444 e. The summed E-state index contributed by atoms with van der Waals surface area (Å²) in [5.41, 5.74) is -0.387. The molecule has 1 aliphatic carbocycles. The van der Waals surface area contributed by atoms with Gasteiger partial charge in [0.25, 0.3) is 0 Å². The van der Waals surface area contributed by atoms with Crippen LogP contribution in [-0.2, 0) is 4.74 Å². The molecular weight excluding hydrogens is 276 g/mol. The minimum atomic E-state index is -0.387. The van der Waals surface area contributed by atoms with E-state index in [0.717, 1.165) is 25.0 Å². The van der Waals surface area contributed by atoms with E-state index in [4.69, 9.17) is 4.74 Å². The number of ether oxygens (including phenoxy) is 1. The highest BCUT2D eigenvalue weighted by atomic mass is 16.6. The van der Waals surface area contributed by atoms with Gasteiger partial charge in [-0.1, -0.05) is 6.92 Å². The van der Waals surface area contributed by atoms with E-state index in [1.807, 2.05) is 25.7 Å². The Morgan fingerprint density at radius 3 is 2.09 bits per heavy atom. The first kappa shape index (κ1) is 16.1. The molecule has 4 heteroatoms. The van der Waals surface area contributed by atoms with Gasteiger partial charge >= 0.3 is 6.09 Å². The van der Waals surface area contributed by atoms with Gasteiger partial charge in [-0.05, 0) is 77.3 Å². The normalized spacial score (nSPS) is 34.0. The highest BCUT2D eigenvalue weighted by molar-refractivity contribution is 5.68. The lowest BCUT2D eigenvalue weighted by atomic mass is 9.97. The zero-order valence-corrected chi connectivity index (χ0v) is 14.7. The zero-order chi connectivity index (χ0) is 15.9. The second-order valence-electron chi connectivity index (χ2n) is 8.75. The third-order valence-electron chi connectivity index (χ3n) is 5.71. The Bertz CT molecular complexity index is 396. The molecule has 0 bridgehead atoms. The van der Waals surface area contributed by atoms with Crippen LogP contribution in [0.25, 0.3) is 0 Å². The Morgan fingerprint density at radius 2 is 1.59 bits per heavy atom. The number of hydrogen-bond acceptors (Lipinski definition) is 3. The quantitative estimate of drug-likeness (QED) is 0.744. The van der Waals surface area contributed by atoms with Crippen LogP contribution in [0.2, 0.25) is 0 Å². The van der Waals surface area contributed by atoms with E-state index >= 15 is 0 Å². The SMILES string of the molecule is CC1CCN([C@@H]2C[C@@H]3CN(C(=O)OC(C)(C)C)C[C@@H]3C2)CC1. The summed E-state index contributed by atoms with van der Waals surface area (Å²) in [4.78, 5) is 16.9. The van der Waals surface area contributed by atoms with Crippen molar-refractivity contribution in [1.82, 2.24) is 9.80 Å². The number of amides is 1. The minimum absolute atomic E-state index is 0.120. The fourth-order valence-electron chi connectivity index (χ4n) is 4.44. The summed E-state index contributed by atoms with van der Waals surface area (Å²) in [5.74, 6) is 2.29. The molecule has 2 heterocycles. The molecule has 4 nitrogen and oxygen atoms in total. The van der Waals surface area contributed by atoms with Crippen LogP contribution < -0.4 is 0 Å². The van der Waals surface area contributed by atoms with Gasteiger partial charge in [-0.2, -0.15) is 0 Å². The number of carbonyl (C=O) groups is 1. The number of carbonyl (C=O) groups excluding carboxylic acids is 1. The van der Waals surface area contributed by atoms with E-state index in [2.05, 4.69) is 11.8 Å². The Hall–Kier alpha value is -0.770. The molecule has 1 saturated carbocycles. The maximum Gasteiger partial charge on any atom is 0.410 e. The third-order valence-corrected chi connectivity index (χ3v) is 5.71. The maximum atomic E-state index is 12.2. The molecule has 3 rings (SSSR count). The molecular formula is C18H32N2O2. The predicted octanol–water partition coefficient (Wildman–Crippen LogP) is 3.36. The Balaban J connectivity index is 1.49. The van der Waals surface area contributed by atoms with Gasteiger partial charge in [-0.3, -0.25) is 0 Å². The van der Waals surface area contributed by atoms with Crippen molar-refractivity contribution in [2.75, 3.05) is 26.2 Å². The fourth-order valence-corrected chi connectivity index (χ4v) is 4.44. The highest BCUT2D eigenvalue weighted by Crippen LogP contribution is 2.41. The van der Waals surface area contributed by atoms with Gasteiger partial charge in [0, 0.05) is 19.1 Å². The van der Waals surface area contributed by atoms with Crippen molar-refractivity contribution in [3.8, 4) is 0 Å². The van der Waals surface area contributed by atoms with Crippen LogP contribution in [0.3, 0.4) is 0 Å². The summed E-state index contributed by atoms with van der Waals surface area (Å²) in [7, 11) is 0. The Morgan fingerprint density at radius 1 is 1.05 bits per heavy atom. The van der Waals surface area contributed by atoms with Crippen molar-refractivity contribution in [2.24, 2.45) is 17.8 Å². The van der Waals surface area contributed by atoms with Crippen molar-refractivity contribution in [3.63, 3.8) is 0 Å². The topological polar surface area (TPSA) is 32.8 Å². The number of piperidine rings is 1. The molecule has 126 valence electrons. The first-order valence-electron chi connectivity index (χ1n) is 9.04. The van der Waals surface area contributed by atoms with Gasteiger partial charge in [0.15, 0.2) is 0 Å². The van der Waals surface area contributed by atoms with E-state index in [-0.39, 0.29) is 11.7 Å². The summed E-state index contributed by atoms with van der Waals surface area (Å²) in [6.07, 6.45) is 5.15. The number of fused-ring (bicyclic) bond motifs is 1. The number of rotatable bonds is 1. The molecule has 0 unspecified atom stereocenters. The van der Waals surface area contributed by atoms with E-state index in [9.17, 15) is 4.79 Å². The molecule has 2 aliphatic heterocycles. The molecule has 3 atom stereocenters. The van der Waals surface area contributed by atoms with Gasteiger partial charge in [0.2, 0.25) is 0 Å². The second kappa shape index (κ2) is 6.03. The Kier molecular flexibility index (Phi) is 4.41. The van der Waals surface area contributed by atoms with Crippen molar-refractivity contribution in [3.05, 3.63) is 0 Å². The van der Waals surface area contributed by atoms with Crippen LogP contribution in [0.15, 0.2) is 0 Å². The van der Waals surface area contributed by atoms with Crippen LogP contribution in [0.4, 0.5) is 4.79 Å². The first-order valence-corrected chi connectivity index (χ1v) is 9.04. The third kappa shape index (κ3) is 3.58. The van der Waals surface area contributed by atoms with E-state index in [1.165, 1.54) is 38.8 Å². The van der Waals surface area contributed by atoms with Gasteiger partial charge < -0.3 is 14.5 Å². The van der Waals surface area contributed by atoms with Gasteiger partial charge in [0.05, 0.1) is 0 Å². The Labute approximate surface area is 135 Å². The van der Waals surface area contributed by atoms with Crippen LogP contribution >= 0.6 is 0 Å². The summed E-state index contributed by atoms with van der Waals surface area (Å²) in [6.45, 7) is 12.6. The highest BCUT2D eigenvalue weighted by Gasteiger charge is 2.45. The zero-order valence-electron chi connectivity index (χ0n) is 14.7. The lowest BCUT2D eigenvalue weighted by Gasteiger charge is -2.35. The fraction of sp³-hybridized carbons (Fsp3) is 0.944. The molecule has 0 aromatic rings. The lowest BCUT2D eigenvalue weighted by Crippen LogP contribution is -2.41. The molecule has 22 heavy (non-hydrogen) atoms. The molecule has 0 spiro atoms. The molecule has 0 aromatic carbocycles. The summed E-state index contributed by atoms with van der Waals surface area (Å²) < 4.78 is 5.52. The number of nitrogens with zero attached hydrogens (tertiary/aromatic N) is 2. The lowest BCUT2D eigenvalue weighted by molar-refractivity contribution is 0.0271. The van der Waals surface area contributed by atoms with Crippen molar-refractivity contribution >= 4 is 6.09 Å². The monoisotopic (exact) mass is 308 g/mol.